The van der Waals surface area contributed by atoms with Crippen LogP contribution in [0.2, 0.25) is 0 Å². The van der Waals surface area contributed by atoms with Gasteiger partial charge in [-0.15, -0.1) is 0 Å². The Bertz CT molecular complexity index is 515. The van der Waals surface area contributed by atoms with E-state index in [4.69, 9.17) is 9.84 Å². The summed E-state index contributed by atoms with van der Waals surface area (Å²) in [7, 11) is 0. The van der Waals surface area contributed by atoms with Crippen molar-refractivity contribution in [3.63, 3.8) is 0 Å². The van der Waals surface area contributed by atoms with Gasteiger partial charge in [0.15, 0.2) is 0 Å². The molecule has 108 valence electrons. The summed E-state index contributed by atoms with van der Waals surface area (Å²) in [6.07, 6.45) is 1.82. The minimum absolute atomic E-state index is 0.0176. The van der Waals surface area contributed by atoms with E-state index < -0.39 is 17.8 Å². The summed E-state index contributed by atoms with van der Waals surface area (Å²) >= 11 is 0. The Morgan fingerprint density at radius 2 is 2.25 bits per heavy atom. The van der Waals surface area contributed by atoms with E-state index in [1.807, 2.05) is 0 Å². The number of halogens is 1. The van der Waals surface area contributed by atoms with Crippen LogP contribution in [0.4, 0.5) is 14.9 Å². The number of hydrogen-bond donors (Lipinski definition) is 3. The van der Waals surface area contributed by atoms with Gasteiger partial charge in [0.1, 0.15) is 5.82 Å². The number of carbonyl (C=O) groups is 2. The molecule has 1 unspecified atom stereocenters. The van der Waals surface area contributed by atoms with Gasteiger partial charge in [0.25, 0.3) is 0 Å². The standard InChI is InChI=1S/C13H15FN2O4/c14-10-4-3-8(12(17)18)6-11(10)16-13(19)15-7-9-2-1-5-20-9/h3-4,6,9H,1-2,5,7H2,(H,17,18)(H2,15,16,19). The van der Waals surface area contributed by atoms with Crippen LogP contribution in [0.3, 0.4) is 0 Å². The van der Waals surface area contributed by atoms with Gasteiger partial charge in [0.2, 0.25) is 0 Å². The van der Waals surface area contributed by atoms with Crippen LogP contribution in [0.25, 0.3) is 0 Å². The zero-order valence-corrected chi connectivity index (χ0v) is 10.7. The van der Waals surface area contributed by atoms with Crippen molar-refractivity contribution < 1.29 is 23.8 Å². The molecular formula is C13H15FN2O4. The van der Waals surface area contributed by atoms with Gasteiger partial charge in [-0.2, -0.15) is 0 Å². The second-order valence-electron chi connectivity index (χ2n) is 4.47. The normalized spacial score (nSPS) is 17.8. The fourth-order valence-electron chi connectivity index (χ4n) is 1.93. The Morgan fingerprint density at radius 1 is 1.45 bits per heavy atom. The monoisotopic (exact) mass is 282 g/mol. The van der Waals surface area contributed by atoms with E-state index in [2.05, 4.69) is 10.6 Å². The van der Waals surface area contributed by atoms with Crippen molar-refractivity contribution in [2.45, 2.75) is 18.9 Å². The van der Waals surface area contributed by atoms with Gasteiger partial charge in [0, 0.05) is 13.2 Å². The summed E-state index contributed by atoms with van der Waals surface area (Å²) < 4.78 is 18.8. The Hall–Kier alpha value is -2.15. The van der Waals surface area contributed by atoms with Crippen LogP contribution in [0, 0.1) is 5.82 Å². The second kappa shape index (κ2) is 6.33. The maximum Gasteiger partial charge on any atom is 0.335 e. The first kappa shape index (κ1) is 14.3. The molecule has 0 radical (unpaired) electrons. The van der Waals surface area contributed by atoms with Crippen LogP contribution in [0.15, 0.2) is 18.2 Å². The molecule has 1 fully saturated rings. The summed E-state index contributed by atoms with van der Waals surface area (Å²) in [6, 6.07) is 2.61. The number of rotatable bonds is 4. The molecule has 2 rings (SSSR count). The van der Waals surface area contributed by atoms with Gasteiger partial charge in [0.05, 0.1) is 17.4 Å². The predicted octanol–water partition coefficient (Wildman–Crippen LogP) is 1.82. The lowest BCUT2D eigenvalue weighted by Crippen LogP contribution is -2.35. The van der Waals surface area contributed by atoms with Crippen LogP contribution in [-0.4, -0.2) is 36.4 Å². The molecule has 20 heavy (non-hydrogen) atoms. The number of benzene rings is 1. The Balaban J connectivity index is 1.92. The van der Waals surface area contributed by atoms with Gasteiger partial charge in [-0.05, 0) is 31.0 Å². The fraction of sp³-hybridized carbons (Fsp3) is 0.385. The number of hydrogen-bond acceptors (Lipinski definition) is 3. The van der Waals surface area contributed by atoms with Crippen LogP contribution < -0.4 is 10.6 Å². The number of aromatic carboxylic acids is 1. The lowest BCUT2D eigenvalue weighted by Gasteiger charge is -2.12. The molecule has 1 atom stereocenters. The highest BCUT2D eigenvalue weighted by molar-refractivity contribution is 5.93. The molecule has 7 heteroatoms. The van der Waals surface area contributed by atoms with Crippen molar-refractivity contribution in [3.05, 3.63) is 29.6 Å². The number of ether oxygens (including phenoxy) is 1. The van der Waals surface area contributed by atoms with Crippen molar-refractivity contribution in [2.75, 3.05) is 18.5 Å². The molecule has 3 N–H and O–H groups in total. The largest absolute Gasteiger partial charge is 0.478 e. The zero-order chi connectivity index (χ0) is 14.5. The number of carboxylic acids is 1. The molecule has 1 aromatic rings. The van der Waals surface area contributed by atoms with E-state index in [9.17, 15) is 14.0 Å². The average molecular weight is 282 g/mol. The van der Waals surface area contributed by atoms with Gasteiger partial charge < -0.3 is 20.5 Å². The highest BCUT2D eigenvalue weighted by Crippen LogP contribution is 2.16. The predicted molar refractivity (Wildman–Crippen MR) is 69.4 cm³/mol. The summed E-state index contributed by atoms with van der Waals surface area (Å²) in [5, 5.41) is 13.7. The van der Waals surface area contributed by atoms with Gasteiger partial charge >= 0.3 is 12.0 Å². The third-order valence-electron chi connectivity index (χ3n) is 2.98. The van der Waals surface area contributed by atoms with E-state index in [-0.39, 0.29) is 17.4 Å². The molecule has 1 aromatic carbocycles. The highest BCUT2D eigenvalue weighted by Gasteiger charge is 2.17. The smallest absolute Gasteiger partial charge is 0.335 e. The van der Waals surface area contributed by atoms with E-state index in [0.717, 1.165) is 31.0 Å². The molecular weight excluding hydrogens is 267 g/mol. The second-order valence-corrected chi connectivity index (χ2v) is 4.47. The van der Waals surface area contributed by atoms with Gasteiger partial charge in [-0.25, -0.2) is 14.0 Å². The summed E-state index contributed by atoms with van der Waals surface area (Å²) in [4.78, 5) is 22.4. The third-order valence-corrected chi connectivity index (χ3v) is 2.98. The molecule has 0 saturated carbocycles. The topological polar surface area (TPSA) is 87.7 Å². The van der Waals surface area contributed by atoms with E-state index in [1.165, 1.54) is 0 Å². The number of amides is 2. The van der Waals surface area contributed by atoms with Crippen LogP contribution in [0.1, 0.15) is 23.2 Å². The van der Waals surface area contributed by atoms with Crippen molar-refractivity contribution in [1.29, 1.82) is 0 Å². The molecule has 0 spiro atoms. The van der Waals surface area contributed by atoms with E-state index >= 15 is 0 Å². The number of urea groups is 1. The van der Waals surface area contributed by atoms with Gasteiger partial charge in [-0.3, -0.25) is 0 Å². The third kappa shape index (κ3) is 3.67. The van der Waals surface area contributed by atoms with E-state index in [0.29, 0.717) is 13.2 Å². The minimum atomic E-state index is -1.19. The fourth-order valence-corrected chi connectivity index (χ4v) is 1.93. The molecule has 1 saturated heterocycles. The molecule has 2 amide bonds. The average Bonchev–Trinajstić information content (AvgIpc) is 2.92. The van der Waals surface area contributed by atoms with Crippen LogP contribution >= 0.6 is 0 Å². The number of anilines is 1. The summed E-state index contributed by atoms with van der Waals surface area (Å²) in [5.74, 6) is -1.88. The van der Waals surface area contributed by atoms with Gasteiger partial charge in [-0.1, -0.05) is 0 Å². The number of carbonyl (C=O) groups excluding carboxylic acids is 1. The minimum Gasteiger partial charge on any atom is -0.478 e. The Morgan fingerprint density at radius 3 is 2.90 bits per heavy atom. The quantitative estimate of drug-likeness (QED) is 0.786. The first-order chi connectivity index (χ1) is 9.56. The highest BCUT2D eigenvalue weighted by atomic mass is 19.1. The number of carboxylic acid groups (broad SMARTS) is 1. The Kier molecular flexibility index (Phi) is 4.52. The summed E-state index contributed by atoms with van der Waals surface area (Å²) in [6.45, 7) is 1.02. The zero-order valence-electron chi connectivity index (χ0n) is 10.7. The first-order valence-corrected chi connectivity index (χ1v) is 6.25. The van der Waals surface area contributed by atoms with Crippen molar-refractivity contribution >= 4 is 17.7 Å². The molecule has 1 aliphatic rings. The molecule has 1 aliphatic heterocycles. The SMILES string of the molecule is O=C(NCC1CCCO1)Nc1cc(C(=O)O)ccc1F. The Labute approximate surface area is 114 Å². The van der Waals surface area contributed by atoms with E-state index in [1.54, 1.807) is 0 Å². The van der Waals surface area contributed by atoms with Crippen LogP contribution in [0.5, 0.6) is 0 Å². The molecule has 0 aromatic heterocycles. The van der Waals surface area contributed by atoms with Crippen molar-refractivity contribution in [2.24, 2.45) is 0 Å². The molecule has 0 aliphatic carbocycles. The lowest BCUT2D eigenvalue weighted by molar-refractivity contribution is 0.0697. The van der Waals surface area contributed by atoms with Crippen molar-refractivity contribution in [3.8, 4) is 0 Å². The first-order valence-electron chi connectivity index (χ1n) is 6.25. The molecule has 1 heterocycles. The maximum absolute atomic E-state index is 13.5. The van der Waals surface area contributed by atoms with Crippen molar-refractivity contribution in [1.82, 2.24) is 5.32 Å². The maximum atomic E-state index is 13.5. The summed E-state index contributed by atoms with van der Waals surface area (Å²) in [5.41, 5.74) is -0.268. The van der Waals surface area contributed by atoms with Crippen LogP contribution in [-0.2, 0) is 4.74 Å². The molecule has 6 nitrogen and oxygen atoms in total. The molecule has 0 bridgehead atoms. The lowest BCUT2D eigenvalue weighted by atomic mass is 10.2. The number of nitrogens with one attached hydrogen (secondary N) is 2.